The molecule has 1 heterocycles. The van der Waals surface area contributed by atoms with Crippen LogP contribution in [0.5, 0.6) is 28.7 Å². The molecule has 1 aliphatic rings. The van der Waals surface area contributed by atoms with Gasteiger partial charge < -0.3 is 14.2 Å². The molecule has 206 valence electrons. The molecule has 0 fully saturated rings. The van der Waals surface area contributed by atoms with Crippen LogP contribution in [0.15, 0.2) is 146 Å². The van der Waals surface area contributed by atoms with Crippen LogP contribution in [-0.2, 0) is 0 Å². The highest BCUT2D eigenvalue weighted by atomic mass is 16.5. The Balaban J connectivity index is 1.32. The Bertz CT molecular complexity index is 2100. The number of methoxy groups -OCH3 is 1. The highest BCUT2D eigenvalue weighted by Gasteiger charge is 2.32. The van der Waals surface area contributed by atoms with E-state index in [0.29, 0.717) is 0 Å². The molecule has 0 amide bonds. The Kier molecular flexibility index (Phi) is 6.08. The van der Waals surface area contributed by atoms with Crippen LogP contribution in [0.3, 0.4) is 0 Å². The zero-order chi connectivity index (χ0) is 28.8. The molecule has 43 heavy (non-hydrogen) atoms. The minimum absolute atomic E-state index is 0.0368. The van der Waals surface area contributed by atoms with Crippen LogP contribution in [0, 0.1) is 0 Å². The van der Waals surface area contributed by atoms with Gasteiger partial charge in [-0.05, 0) is 86.8 Å². The van der Waals surface area contributed by atoms with E-state index in [1.54, 1.807) is 7.11 Å². The average Bonchev–Trinajstić information content (AvgIpc) is 3.07. The monoisotopic (exact) mass is 556 g/mol. The Hall–Kier alpha value is -5.54. The molecule has 0 aliphatic carbocycles. The van der Waals surface area contributed by atoms with Gasteiger partial charge in [-0.25, -0.2) is 0 Å². The molecule has 7 aromatic carbocycles. The molecule has 0 aromatic heterocycles. The zero-order valence-corrected chi connectivity index (χ0v) is 23.7. The quantitative estimate of drug-likeness (QED) is 0.211. The molecule has 1 aliphatic heterocycles. The summed E-state index contributed by atoms with van der Waals surface area (Å²) in [7, 11) is 1.71. The van der Waals surface area contributed by atoms with Crippen LogP contribution >= 0.6 is 0 Å². The van der Waals surface area contributed by atoms with E-state index in [2.05, 4.69) is 109 Å². The van der Waals surface area contributed by atoms with E-state index < -0.39 is 0 Å². The topological polar surface area (TPSA) is 27.7 Å². The van der Waals surface area contributed by atoms with Gasteiger partial charge in [0.05, 0.1) is 7.11 Å². The molecular weight excluding hydrogens is 528 g/mol. The van der Waals surface area contributed by atoms with E-state index >= 15 is 0 Å². The highest BCUT2D eigenvalue weighted by Crippen LogP contribution is 2.52. The predicted octanol–water partition coefficient (Wildman–Crippen LogP) is 10.7. The van der Waals surface area contributed by atoms with Crippen LogP contribution in [0.4, 0.5) is 0 Å². The highest BCUT2D eigenvalue weighted by molar-refractivity contribution is 5.96. The molecule has 7 aromatic rings. The van der Waals surface area contributed by atoms with Crippen molar-refractivity contribution in [3.05, 3.63) is 162 Å². The molecule has 1 atom stereocenters. The number of ether oxygens (including phenoxy) is 3. The Labute approximate surface area is 250 Å². The summed E-state index contributed by atoms with van der Waals surface area (Å²) >= 11 is 0. The fourth-order valence-electron chi connectivity index (χ4n) is 6.31. The summed E-state index contributed by atoms with van der Waals surface area (Å²) in [4.78, 5) is 0. The zero-order valence-electron chi connectivity index (χ0n) is 23.7. The van der Waals surface area contributed by atoms with Gasteiger partial charge in [0.15, 0.2) is 0 Å². The van der Waals surface area contributed by atoms with Crippen LogP contribution in [-0.4, -0.2) is 7.11 Å². The third kappa shape index (κ3) is 4.47. The fourth-order valence-corrected chi connectivity index (χ4v) is 6.31. The van der Waals surface area contributed by atoms with Gasteiger partial charge in [-0.1, -0.05) is 97.1 Å². The molecule has 0 saturated carbocycles. The van der Waals surface area contributed by atoms with Gasteiger partial charge in [0, 0.05) is 17.0 Å². The fraction of sp³-hybridized carbons (Fsp3) is 0.0500. The molecule has 3 nitrogen and oxygen atoms in total. The SMILES string of the molecule is COc1ccc2c3c(ccc2c1)Oc1ccc2cc(Oc4ccccc4)ccc2c1C3c1ccc(-c2ccccc2)cc1. The van der Waals surface area contributed by atoms with Crippen molar-refractivity contribution in [1.82, 2.24) is 0 Å². The summed E-state index contributed by atoms with van der Waals surface area (Å²) in [6.45, 7) is 0. The Morgan fingerprint density at radius 1 is 0.488 bits per heavy atom. The van der Waals surface area contributed by atoms with Gasteiger partial charge in [-0.3, -0.25) is 0 Å². The summed E-state index contributed by atoms with van der Waals surface area (Å²) in [5.74, 6) is 4.18. The van der Waals surface area contributed by atoms with E-state index in [-0.39, 0.29) is 5.92 Å². The van der Waals surface area contributed by atoms with Crippen LogP contribution in [0.25, 0.3) is 32.7 Å². The van der Waals surface area contributed by atoms with E-state index in [4.69, 9.17) is 14.2 Å². The Morgan fingerprint density at radius 2 is 1.05 bits per heavy atom. The normalized spacial score (nSPS) is 13.7. The van der Waals surface area contributed by atoms with E-state index in [1.807, 2.05) is 36.4 Å². The summed E-state index contributed by atoms with van der Waals surface area (Å²) in [6, 6.07) is 50.4. The van der Waals surface area contributed by atoms with Gasteiger partial charge in [0.25, 0.3) is 0 Å². The summed E-state index contributed by atoms with van der Waals surface area (Å²) in [5.41, 5.74) is 5.94. The van der Waals surface area contributed by atoms with Crippen molar-refractivity contribution in [1.29, 1.82) is 0 Å². The minimum Gasteiger partial charge on any atom is -0.497 e. The lowest BCUT2D eigenvalue weighted by molar-refractivity contribution is 0.415. The lowest BCUT2D eigenvalue weighted by Gasteiger charge is -2.31. The third-order valence-corrected chi connectivity index (χ3v) is 8.35. The first kappa shape index (κ1) is 25.2. The number of hydrogen-bond acceptors (Lipinski definition) is 3. The van der Waals surface area contributed by atoms with Gasteiger partial charge in [-0.15, -0.1) is 0 Å². The molecule has 0 saturated heterocycles. The average molecular weight is 557 g/mol. The van der Waals surface area contributed by atoms with Gasteiger partial charge in [-0.2, -0.15) is 0 Å². The first-order chi connectivity index (χ1) is 21.2. The third-order valence-electron chi connectivity index (χ3n) is 8.35. The number of hydrogen-bond donors (Lipinski definition) is 0. The first-order valence-corrected chi connectivity index (χ1v) is 14.5. The molecule has 8 rings (SSSR count). The molecule has 0 spiro atoms. The summed E-state index contributed by atoms with van der Waals surface area (Å²) in [5, 5.41) is 4.52. The second-order valence-corrected chi connectivity index (χ2v) is 10.9. The standard InChI is InChI=1S/C40H28O3/c1-41-32-18-20-34-29(24-32)16-22-36-39(34)38(28-14-12-27(13-15-28)26-8-4-2-5-9-26)40-35-21-19-33(42-31-10-6-3-7-11-31)25-30(35)17-23-37(40)43-36/h2-25,38H,1H3. The van der Waals surface area contributed by atoms with Crippen molar-refractivity contribution in [3.63, 3.8) is 0 Å². The van der Waals surface area contributed by atoms with Crippen molar-refractivity contribution in [2.45, 2.75) is 5.92 Å². The lowest BCUT2D eigenvalue weighted by Crippen LogP contribution is -2.13. The van der Waals surface area contributed by atoms with Crippen molar-refractivity contribution in [2.75, 3.05) is 7.11 Å². The van der Waals surface area contributed by atoms with Crippen LogP contribution in [0.2, 0.25) is 0 Å². The molecule has 3 heteroatoms. The van der Waals surface area contributed by atoms with Crippen molar-refractivity contribution < 1.29 is 14.2 Å². The molecule has 0 bridgehead atoms. The van der Waals surface area contributed by atoms with Crippen molar-refractivity contribution in [2.24, 2.45) is 0 Å². The number of benzene rings is 7. The lowest BCUT2D eigenvalue weighted by atomic mass is 9.78. The largest absolute Gasteiger partial charge is 0.497 e. The molecule has 0 radical (unpaired) electrons. The maximum Gasteiger partial charge on any atom is 0.132 e. The summed E-state index contributed by atoms with van der Waals surface area (Å²) in [6.07, 6.45) is 0. The van der Waals surface area contributed by atoms with E-state index in [9.17, 15) is 0 Å². The van der Waals surface area contributed by atoms with Crippen LogP contribution < -0.4 is 14.2 Å². The Morgan fingerprint density at radius 3 is 1.67 bits per heavy atom. The smallest absolute Gasteiger partial charge is 0.132 e. The van der Waals surface area contributed by atoms with Gasteiger partial charge in [0.1, 0.15) is 28.7 Å². The predicted molar refractivity (Wildman–Crippen MR) is 174 cm³/mol. The maximum atomic E-state index is 6.66. The first-order valence-electron chi connectivity index (χ1n) is 14.5. The van der Waals surface area contributed by atoms with Gasteiger partial charge in [0.2, 0.25) is 0 Å². The van der Waals surface area contributed by atoms with Crippen molar-refractivity contribution >= 4 is 21.5 Å². The second kappa shape index (κ2) is 10.4. The van der Waals surface area contributed by atoms with Crippen LogP contribution in [0.1, 0.15) is 22.6 Å². The minimum atomic E-state index is -0.0368. The van der Waals surface area contributed by atoms with Gasteiger partial charge >= 0.3 is 0 Å². The second-order valence-electron chi connectivity index (χ2n) is 10.9. The summed E-state index contributed by atoms with van der Waals surface area (Å²) < 4.78 is 18.4. The number of rotatable bonds is 5. The number of fused-ring (bicyclic) bond motifs is 6. The molecular formula is C40H28O3. The number of para-hydroxylation sites is 1. The van der Waals surface area contributed by atoms with E-state index in [1.165, 1.54) is 16.7 Å². The van der Waals surface area contributed by atoms with E-state index in [0.717, 1.165) is 61.4 Å². The van der Waals surface area contributed by atoms with Crippen molar-refractivity contribution in [3.8, 4) is 39.9 Å². The molecule has 0 N–H and O–H groups in total. The molecule has 1 unspecified atom stereocenters. The maximum absolute atomic E-state index is 6.66.